The zero-order valence-corrected chi connectivity index (χ0v) is 12.3. The van der Waals surface area contributed by atoms with Gasteiger partial charge in [-0.1, -0.05) is 24.3 Å². The van der Waals surface area contributed by atoms with Crippen molar-refractivity contribution in [3.63, 3.8) is 0 Å². The van der Waals surface area contributed by atoms with E-state index in [2.05, 4.69) is 24.3 Å². The summed E-state index contributed by atoms with van der Waals surface area (Å²) in [5, 5.41) is 8.36. The Labute approximate surface area is 111 Å². The van der Waals surface area contributed by atoms with Gasteiger partial charge in [-0.05, 0) is 39.5 Å². The monoisotopic (exact) mass is 401 g/mol. The second kappa shape index (κ2) is 12.4. The van der Waals surface area contributed by atoms with Gasteiger partial charge in [-0.2, -0.15) is 0 Å². The van der Waals surface area contributed by atoms with Crippen molar-refractivity contribution in [3.8, 4) is 0 Å². The van der Waals surface area contributed by atoms with Crippen molar-refractivity contribution in [1.29, 1.82) is 0 Å². The summed E-state index contributed by atoms with van der Waals surface area (Å²) in [6.45, 7) is 2.85. The maximum Gasteiger partial charge on any atom is 0.155 e. The van der Waals surface area contributed by atoms with E-state index in [1.165, 1.54) is 45.6 Å². The summed E-state index contributed by atoms with van der Waals surface area (Å²) in [6.07, 6.45) is 15.2. The van der Waals surface area contributed by atoms with Crippen LogP contribution in [0.15, 0.2) is 36.1 Å². The Kier molecular flexibility index (Phi) is 13.7. The molecule has 1 N–H and O–H groups in total. The van der Waals surface area contributed by atoms with Crippen LogP contribution in [0.1, 0.15) is 39.5 Å². The predicted octanol–water partition coefficient (Wildman–Crippen LogP) is 3.71. The van der Waals surface area contributed by atoms with Gasteiger partial charge in [0.2, 0.25) is 0 Å². The Balaban J connectivity index is 0. The molecule has 0 atom stereocenters. The number of hydrogen-bond donors (Lipinski definition) is 1. The summed E-state index contributed by atoms with van der Waals surface area (Å²) < 4.78 is 0. The van der Waals surface area contributed by atoms with E-state index in [0.29, 0.717) is 0 Å². The molecule has 3 heteroatoms. The number of hydrogen-bond acceptors (Lipinski definition) is 2. The van der Waals surface area contributed by atoms with Gasteiger partial charge in [0.1, 0.15) is 0 Å². The first kappa shape index (κ1) is 17.7. The van der Waals surface area contributed by atoms with Crippen LogP contribution in [-0.4, -0.2) is 10.9 Å². The normalized spacial score (nSPS) is 15.0. The number of allylic oxidation sites excluding steroid dienone is 6. The standard InChI is InChI=1S/C8H12.C5H8O2.Ir/c1-2-4-6-8-7-5-3-1;1-4(6)3-5(2)7;/h1-4H,5-8H2;3,6H,1-2H3;/b;4-3-;. The van der Waals surface area contributed by atoms with Crippen LogP contribution in [0, 0.1) is 0 Å². The molecule has 1 rings (SSSR count). The van der Waals surface area contributed by atoms with Crippen LogP contribution in [-0.2, 0) is 24.9 Å². The third kappa shape index (κ3) is 15.8. The summed E-state index contributed by atoms with van der Waals surface area (Å²) in [6, 6.07) is 0. The third-order valence-corrected chi connectivity index (χ3v) is 1.79. The van der Waals surface area contributed by atoms with Gasteiger partial charge in [0.05, 0.1) is 5.76 Å². The number of carbonyl (C=O) groups excluding carboxylic acids is 1. The molecular formula is C13H20IrO2. The van der Waals surface area contributed by atoms with Gasteiger partial charge in [0.15, 0.2) is 5.78 Å². The number of carbonyl (C=O) groups is 1. The van der Waals surface area contributed by atoms with E-state index in [-0.39, 0.29) is 31.6 Å². The predicted molar refractivity (Wildman–Crippen MR) is 63.8 cm³/mol. The van der Waals surface area contributed by atoms with Gasteiger partial charge in [0, 0.05) is 26.2 Å². The molecule has 0 aromatic rings. The minimum absolute atomic E-state index is 0. The molecule has 1 aliphatic rings. The fourth-order valence-corrected chi connectivity index (χ4v) is 1.17. The number of ketones is 1. The topological polar surface area (TPSA) is 37.3 Å². The van der Waals surface area contributed by atoms with Gasteiger partial charge in [-0.3, -0.25) is 4.79 Å². The number of rotatable bonds is 1. The fourth-order valence-electron chi connectivity index (χ4n) is 1.17. The van der Waals surface area contributed by atoms with E-state index in [0.717, 1.165) is 0 Å². The van der Waals surface area contributed by atoms with Crippen molar-refractivity contribution in [1.82, 2.24) is 0 Å². The zero-order chi connectivity index (χ0) is 11.5. The van der Waals surface area contributed by atoms with Crippen LogP contribution < -0.4 is 0 Å². The van der Waals surface area contributed by atoms with E-state index in [1.807, 2.05) is 0 Å². The molecule has 0 spiro atoms. The summed E-state index contributed by atoms with van der Waals surface area (Å²) in [4.78, 5) is 10.0. The summed E-state index contributed by atoms with van der Waals surface area (Å²) in [7, 11) is 0. The van der Waals surface area contributed by atoms with E-state index in [4.69, 9.17) is 5.11 Å². The molecule has 1 radical (unpaired) electrons. The number of aliphatic hydroxyl groups excluding tert-OH is 1. The van der Waals surface area contributed by atoms with E-state index >= 15 is 0 Å². The van der Waals surface area contributed by atoms with Crippen LogP contribution in [0.25, 0.3) is 0 Å². The number of aliphatic hydroxyl groups is 1. The summed E-state index contributed by atoms with van der Waals surface area (Å²) in [5.41, 5.74) is 0. The summed E-state index contributed by atoms with van der Waals surface area (Å²) in [5.74, 6) is -0.0625. The molecule has 2 nitrogen and oxygen atoms in total. The van der Waals surface area contributed by atoms with Crippen LogP contribution in [0.4, 0.5) is 0 Å². The second-order valence-corrected chi connectivity index (χ2v) is 3.54. The molecule has 93 valence electrons. The molecular weight excluding hydrogens is 380 g/mol. The maximum atomic E-state index is 10.0. The van der Waals surface area contributed by atoms with Gasteiger partial charge in [-0.25, -0.2) is 0 Å². The Bertz CT molecular complexity index is 247. The largest absolute Gasteiger partial charge is 0.512 e. The molecule has 0 fully saturated rings. The van der Waals surface area contributed by atoms with Gasteiger partial charge >= 0.3 is 0 Å². The first-order chi connectivity index (χ1) is 7.13. The summed E-state index contributed by atoms with van der Waals surface area (Å²) >= 11 is 0. The van der Waals surface area contributed by atoms with Crippen LogP contribution >= 0.6 is 0 Å². The van der Waals surface area contributed by atoms with Gasteiger partial charge < -0.3 is 5.11 Å². The average Bonchev–Trinajstić information content (AvgIpc) is 1.99. The first-order valence-electron chi connectivity index (χ1n) is 5.32. The molecule has 0 amide bonds. The minimum Gasteiger partial charge on any atom is -0.512 e. The Hall–Kier alpha value is -0.661. The molecule has 0 unspecified atom stereocenters. The molecule has 0 aliphatic heterocycles. The molecule has 0 heterocycles. The fraction of sp³-hybridized carbons (Fsp3) is 0.462. The third-order valence-electron chi connectivity index (χ3n) is 1.79. The molecule has 16 heavy (non-hydrogen) atoms. The molecule has 1 aliphatic carbocycles. The maximum absolute atomic E-state index is 10.0. The molecule has 0 bridgehead atoms. The molecule has 0 aromatic carbocycles. The molecule has 0 saturated heterocycles. The quantitative estimate of drug-likeness (QED) is 0.538. The Morgan fingerprint density at radius 3 is 1.81 bits per heavy atom. The van der Waals surface area contributed by atoms with Gasteiger partial charge in [-0.15, -0.1) is 0 Å². The zero-order valence-electron chi connectivity index (χ0n) is 9.90. The Morgan fingerprint density at radius 2 is 1.56 bits per heavy atom. The average molecular weight is 401 g/mol. The van der Waals surface area contributed by atoms with Crippen LogP contribution in [0.2, 0.25) is 0 Å². The molecule has 0 saturated carbocycles. The first-order valence-corrected chi connectivity index (χ1v) is 5.32. The SMILES string of the molecule is C1=CCCCCC=C1.CC(=O)/C=C(/C)O.[Ir]. The van der Waals surface area contributed by atoms with Crippen molar-refractivity contribution < 1.29 is 30.0 Å². The van der Waals surface area contributed by atoms with Crippen LogP contribution in [0.3, 0.4) is 0 Å². The van der Waals surface area contributed by atoms with Crippen molar-refractivity contribution >= 4 is 5.78 Å². The molecule has 0 aromatic heterocycles. The van der Waals surface area contributed by atoms with Crippen molar-refractivity contribution in [2.45, 2.75) is 39.5 Å². The Morgan fingerprint density at radius 1 is 1.12 bits per heavy atom. The van der Waals surface area contributed by atoms with E-state index in [1.54, 1.807) is 0 Å². The minimum atomic E-state index is -0.125. The smallest absolute Gasteiger partial charge is 0.155 e. The van der Waals surface area contributed by atoms with E-state index < -0.39 is 0 Å². The van der Waals surface area contributed by atoms with Crippen molar-refractivity contribution in [2.75, 3.05) is 0 Å². The van der Waals surface area contributed by atoms with Crippen LogP contribution in [0.5, 0.6) is 0 Å². The second-order valence-electron chi connectivity index (χ2n) is 3.54. The van der Waals surface area contributed by atoms with Crippen molar-refractivity contribution in [3.05, 3.63) is 36.1 Å². The van der Waals surface area contributed by atoms with Gasteiger partial charge in [0.25, 0.3) is 0 Å². The van der Waals surface area contributed by atoms with Crippen molar-refractivity contribution in [2.24, 2.45) is 0 Å². The van der Waals surface area contributed by atoms with E-state index in [9.17, 15) is 4.79 Å².